The van der Waals surface area contributed by atoms with Gasteiger partial charge in [-0.05, 0) is 24.1 Å². The zero-order chi connectivity index (χ0) is 13.1. The molecular weight excluding hydrogens is 228 g/mol. The summed E-state index contributed by atoms with van der Waals surface area (Å²) >= 11 is 0. The molecule has 1 unspecified atom stereocenters. The Labute approximate surface area is 105 Å². The van der Waals surface area contributed by atoms with Gasteiger partial charge in [-0.15, -0.1) is 0 Å². The molecule has 2 aromatic carbocycles. The minimum absolute atomic E-state index is 0.192. The largest absolute Gasteiger partial charge is 0.507 e. The second-order valence-electron chi connectivity index (χ2n) is 4.20. The van der Waals surface area contributed by atoms with Gasteiger partial charge in [-0.3, -0.25) is 4.79 Å². The summed E-state index contributed by atoms with van der Waals surface area (Å²) in [6.07, 6.45) is 0. The number of hydrogen-bond donors (Lipinski definition) is 2. The molecule has 92 valence electrons. The van der Waals surface area contributed by atoms with Gasteiger partial charge in [0.25, 0.3) is 0 Å². The van der Waals surface area contributed by atoms with Crippen molar-refractivity contribution in [2.75, 3.05) is 0 Å². The zero-order valence-electron chi connectivity index (χ0n) is 10.00. The van der Waals surface area contributed by atoms with E-state index in [-0.39, 0.29) is 5.75 Å². The van der Waals surface area contributed by atoms with Gasteiger partial charge in [0, 0.05) is 5.56 Å². The third-order valence-corrected chi connectivity index (χ3v) is 2.97. The van der Waals surface area contributed by atoms with E-state index >= 15 is 0 Å². The van der Waals surface area contributed by atoms with Crippen molar-refractivity contribution in [1.29, 1.82) is 0 Å². The minimum atomic E-state index is -0.857. The number of para-hydroxylation sites is 1. The summed E-state index contributed by atoms with van der Waals surface area (Å²) in [5, 5.41) is 18.8. The fourth-order valence-electron chi connectivity index (χ4n) is 1.84. The molecule has 1 atom stereocenters. The first-order valence-corrected chi connectivity index (χ1v) is 5.70. The number of carboxylic acid groups (broad SMARTS) is 1. The molecule has 2 N–H and O–H groups in total. The van der Waals surface area contributed by atoms with Crippen LogP contribution in [0.2, 0.25) is 0 Å². The highest BCUT2D eigenvalue weighted by atomic mass is 16.4. The van der Waals surface area contributed by atoms with E-state index in [1.807, 2.05) is 12.1 Å². The van der Waals surface area contributed by atoms with Crippen molar-refractivity contribution in [3.05, 3.63) is 54.1 Å². The van der Waals surface area contributed by atoms with Crippen LogP contribution < -0.4 is 0 Å². The SMILES string of the molecule is CC(C(=O)O)c1cccc(-c2ccccc2O)c1. The molecule has 2 rings (SSSR count). The van der Waals surface area contributed by atoms with E-state index in [2.05, 4.69) is 0 Å². The molecule has 0 aliphatic heterocycles. The summed E-state index contributed by atoms with van der Waals surface area (Å²) in [5.41, 5.74) is 2.25. The molecule has 0 aromatic heterocycles. The smallest absolute Gasteiger partial charge is 0.310 e. The van der Waals surface area contributed by atoms with Gasteiger partial charge < -0.3 is 10.2 Å². The predicted molar refractivity (Wildman–Crippen MR) is 69.6 cm³/mol. The fraction of sp³-hybridized carbons (Fsp3) is 0.133. The van der Waals surface area contributed by atoms with Crippen molar-refractivity contribution < 1.29 is 15.0 Å². The molecule has 18 heavy (non-hydrogen) atoms. The van der Waals surface area contributed by atoms with Crippen LogP contribution in [-0.4, -0.2) is 16.2 Å². The number of aliphatic carboxylic acids is 1. The van der Waals surface area contributed by atoms with E-state index in [1.165, 1.54) is 0 Å². The van der Waals surface area contributed by atoms with E-state index in [0.717, 1.165) is 11.1 Å². The quantitative estimate of drug-likeness (QED) is 0.868. The summed E-state index contributed by atoms with van der Waals surface area (Å²) in [6, 6.07) is 14.2. The Morgan fingerprint density at radius 3 is 2.50 bits per heavy atom. The van der Waals surface area contributed by atoms with Gasteiger partial charge in [-0.1, -0.05) is 42.5 Å². The summed E-state index contributed by atoms with van der Waals surface area (Å²) in [6.45, 7) is 1.65. The van der Waals surface area contributed by atoms with Gasteiger partial charge in [0.15, 0.2) is 0 Å². The molecule has 0 amide bonds. The van der Waals surface area contributed by atoms with Crippen molar-refractivity contribution in [2.24, 2.45) is 0 Å². The van der Waals surface area contributed by atoms with Crippen molar-refractivity contribution in [3.8, 4) is 16.9 Å². The molecule has 3 nitrogen and oxygen atoms in total. The summed E-state index contributed by atoms with van der Waals surface area (Å²) < 4.78 is 0. The highest BCUT2D eigenvalue weighted by Gasteiger charge is 2.14. The Morgan fingerprint density at radius 2 is 1.83 bits per heavy atom. The third-order valence-electron chi connectivity index (χ3n) is 2.97. The summed E-state index contributed by atoms with van der Waals surface area (Å²) in [4.78, 5) is 11.0. The molecule has 3 heteroatoms. The molecule has 0 saturated heterocycles. The third kappa shape index (κ3) is 2.35. The molecule has 0 spiro atoms. The van der Waals surface area contributed by atoms with E-state index in [1.54, 1.807) is 43.3 Å². The van der Waals surface area contributed by atoms with Crippen LogP contribution in [-0.2, 0) is 4.79 Å². The van der Waals surface area contributed by atoms with Crippen LogP contribution in [0.5, 0.6) is 5.75 Å². The maximum absolute atomic E-state index is 11.0. The Hall–Kier alpha value is -2.29. The first-order valence-electron chi connectivity index (χ1n) is 5.70. The number of benzene rings is 2. The van der Waals surface area contributed by atoms with Gasteiger partial charge in [0.2, 0.25) is 0 Å². The van der Waals surface area contributed by atoms with Gasteiger partial charge >= 0.3 is 5.97 Å². The van der Waals surface area contributed by atoms with Crippen LogP contribution in [0.4, 0.5) is 0 Å². The van der Waals surface area contributed by atoms with Crippen molar-refractivity contribution in [2.45, 2.75) is 12.8 Å². The monoisotopic (exact) mass is 242 g/mol. The van der Waals surface area contributed by atoms with E-state index < -0.39 is 11.9 Å². The first-order chi connectivity index (χ1) is 8.59. The number of rotatable bonds is 3. The molecule has 0 aliphatic carbocycles. The molecular formula is C15H14O3. The lowest BCUT2D eigenvalue weighted by Gasteiger charge is -2.10. The van der Waals surface area contributed by atoms with Crippen LogP contribution in [0.15, 0.2) is 48.5 Å². The Balaban J connectivity index is 2.45. The maximum Gasteiger partial charge on any atom is 0.310 e. The van der Waals surface area contributed by atoms with Crippen LogP contribution in [0.3, 0.4) is 0 Å². The summed E-state index contributed by atoms with van der Waals surface area (Å²) in [5.74, 6) is -1.22. The number of phenols is 1. The average Bonchev–Trinajstić information content (AvgIpc) is 2.38. The summed E-state index contributed by atoms with van der Waals surface area (Å²) in [7, 11) is 0. The Bertz CT molecular complexity index is 575. The minimum Gasteiger partial charge on any atom is -0.507 e. The van der Waals surface area contributed by atoms with Crippen molar-refractivity contribution in [3.63, 3.8) is 0 Å². The van der Waals surface area contributed by atoms with Gasteiger partial charge in [0.1, 0.15) is 5.75 Å². The second kappa shape index (κ2) is 4.92. The Kier molecular flexibility index (Phi) is 3.33. The molecule has 0 bridgehead atoms. The van der Waals surface area contributed by atoms with Crippen molar-refractivity contribution >= 4 is 5.97 Å². The molecule has 0 saturated carbocycles. The lowest BCUT2D eigenvalue weighted by Crippen LogP contribution is -2.07. The van der Waals surface area contributed by atoms with Crippen molar-refractivity contribution in [1.82, 2.24) is 0 Å². The molecule has 2 aromatic rings. The molecule has 0 radical (unpaired) electrons. The van der Waals surface area contributed by atoms with Gasteiger partial charge in [0.05, 0.1) is 5.92 Å². The second-order valence-corrected chi connectivity index (χ2v) is 4.20. The predicted octanol–water partition coefficient (Wildman–Crippen LogP) is 3.25. The fourth-order valence-corrected chi connectivity index (χ4v) is 1.84. The lowest BCUT2D eigenvalue weighted by molar-refractivity contribution is -0.138. The van der Waals surface area contributed by atoms with E-state index in [0.29, 0.717) is 5.56 Å². The number of phenolic OH excluding ortho intramolecular Hbond substituents is 1. The van der Waals surface area contributed by atoms with Gasteiger partial charge in [-0.2, -0.15) is 0 Å². The highest BCUT2D eigenvalue weighted by Crippen LogP contribution is 2.30. The van der Waals surface area contributed by atoms with E-state index in [4.69, 9.17) is 5.11 Å². The van der Waals surface area contributed by atoms with Crippen LogP contribution in [0.25, 0.3) is 11.1 Å². The maximum atomic E-state index is 11.0. The van der Waals surface area contributed by atoms with Crippen LogP contribution in [0.1, 0.15) is 18.4 Å². The molecule has 0 heterocycles. The number of carboxylic acids is 1. The first kappa shape index (κ1) is 12.2. The highest BCUT2D eigenvalue weighted by molar-refractivity contribution is 5.77. The molecule has 0 aliphatic rings. The number of hydrogen-bond acceptors (Lipinski definition) is 2. The standard InChI is InChI=1S/C15H14O3/c1-10(15(17)18)11-5-4-6-12(9-11)13-7-2-3-8-14(13)16/h2-10,16H,1H3,(H,17,18). The number of aromatic hydroxyl groups is 1. The average molecular weight is 242 g/mol. The lowest BCUT2D eigenvalue weighted by atomic mass is 9.96. The van der Waals surface area contributed by atoms with Crippen LogP contribution in [0, 0.1) is 0 Å². The normalized spacial score (nSPS) is 12.1. The molecule has 0 fully saturated rings. The zero-order valence-corrected chi connectivity index (χ0v) is 10.00. The number of carbonyl (C=O) groups is 1. The van der Waals surface area contributed by atoms with Gasteiger partial charge in [-0.25, -0.2) is 0 Å². The van der Waals surface area contributed by atoms with E-state index in [9.17, 15) is 9.90 Å². The van der Waals surface area contributed by atoms with Crippen LogP contribution >= 0.6 is 0 Å². The topological polar surface area (TPSA) is 57.5 Å². The Morgan fingerprint density at radius 1 is 1.11 bits per heavy atom.